The summed E-state index contributed by atoms with van der Waals surface area (Å²) in [6.07, 6.45) is 2.50. The Bertz CT molecular complexity index is 726. The van der Waals surface area contributed by atoms with Crippen molar-refractivity contribution in [3.8, 4) is 0 Å². The lowest BCUT2D eigenvalue weighted by Gasteiger charge is -2.10. The Morgan fingerprint density at radius 2 is 2.14 bits per heavy atom. The molecule has 6 nitrogen and oxygen atoms in total. The first-order valence-electron chi connectivity index (χ1n) is 7.69. The first kappa shape index (κ1) is 14.8. The maximum atomic E-state index is 12.2. The molecule has 1 aromatic carbocycles. The average Bonchev–Trinajstić information content (AvgIpc) is 3.13. The number of imidazole rings is 1. The van der Waals surface area contributed by atoms with Gasteiger partial charge in [-0.2, -0.15) is 0 Å². The number of nitrogens with zero attached hydrogens (tertiary/aromatic N) is 2. The monoisotopic (exact) mass is 303 g/mol. The highest BCUT2D eigenvalue weighted by atomic mass is 16.5. The van der Waals surface area contributed by atoms with Crippen molar-refractivity contribution in [2.75, 3.05) is 13.2 Å². The topological polar surface area (TPSA) is 65.3 Å². The summed E-state index contributed by atoms with van der Waals surface area (Å²) in [5.74, 6) is -0.0460. The first-order valence-corrected chi connectivity index (χ1v) is 7.69. The lowest BCUT2D eigenvalue weighted by atomic mass is 10.2. The number of para-hydroxylation sites is 2. The molecule has 1 atom stereocenters. The van der Waals surface area contributed by atoms with Crippen molar-refractivity contribution >= 4 is 16.9 Å². The zero-order chi connectivity index (χ0) is 15.5. The molecule has 22 heavy (non-hydrogen) atoms. The third kappa shape index (κ3) is 2.92. The molecule has 0 bridgehead atoms. The number of hydrogen-bond donors (Lipinski definition) is 1. The molecule has 0 saturated carbocycles. The van der Waals surface area contributed by atoms with Crippen molar-refractivity contribution in [2.45, 2.75) is 31.9 Å². The second kappa shape index (κ2) is 6.36. The van der Waals surface area contributed by atoms with E-state index in [1.165, 1.54) is 0 Å². The van der Waals surface area contributed by atoms with Crippen molar-refractivity contribution in [2.24, 2.45) is 7.05 Å². The van der Waals surface area contributed by atoms with Crippen LogP contribution in [0.3, 0.4) is 0 Å². The Labute approximate surface area is 128 Å². The van der Waals surface area contributed by atoms with Crippen LogP contribution in [0.5, 0.6) is 0 Å². The lowest BCUT2D eigenvalue weighted by Crippen LogP contribution is -2.33. The zero-order valence-electron chi connectivity index (χ0n) is 12.7. The Balaban J connectivity index is 1.62. The van der Waals surface area contributed by atoms with E-state index in [1.54, 1.807) is 16.2 Å². The van der Waals surface area contributed by atoms with Gasteiger partial charge in [-0.05, 0) is 25.0 Å². The summed E-state index contributed by atoms with van der Waals surface area (Å²) in [4.78, 5) is 24.2. The van der Waals surface area contributed by atoms with Gasteiger partial charge in [0, 0.05) is 33.2 Å². The van der Waals surface area contributed by atoms with Gasteiger partial charge in [-0.1, -0.05) is 12.1 Å². The molecule has 1 amide bonds. The van der Waals surface area contributed by atoms with E-state index in [0.717, 1.165) is 30.5 Å². The molecule has 1 aliphatic rings. The summed E-state index contributed by atoms with van der Waals surface area (Å²) < 4.78 is 8.74. The number of carbonyl (C=O) groups is 1. The molecule has 2 heterocycles. The Kier molecular flexibility index (Phi) is 4.29. The Morgan fingerprint density at radius 3 is 2.86 bits per heavy atom. The lowest BCUT2D eigenvalue weighted by molar-refractivity contribution is -0.121. The van der Waals surface area contributed by atoms with Gasteiger partial charge in [-0.15, -0.1) is 0 Å². The number of rotatable bonds is 5. The minimum Gasteiger partial charge on any atom is -0.376 e. The predicted molar refractivity (Wildman–Crippen MR) is 83.8 cm³/mol. The molecule has 6 heteroatoms. The molecular weight excluding hydrogens is 282 g/mol. The molecule has 1 aromatic heterocycles. The second-order valence-electron chi connectivity index (χ2n) is 5.67. The standard InChI is InChI=1S/C16H21N3O3/c1-18-13-6-2-3-7-14(13)19(16(18)21)9-8-15(20)17-11-12-5-4-10-22-12/h2-3,6-7,12H,4-5,8-11H2,1H3,(H,17,20)/t12-/m1/s1. The van der Waals surface area contributed by atoms with E-state index in [-0.39, 0.29) is 17.7 Å². The average molecular weight is 303 g/mol. The molecule has 1 N–H and O–H groups in total. The molecule has 0 aliphatic carbocycles. The summed E-state index contributed by atoms with van der Waals surface area (Å²) in [6.45, 7) is 1.73. The molecule has 1 fully saturated rings. The molecule has 2 aromatic rings. The molecule has 118 valence electrons. The van der Waals surface area contributed by atoms with E-state index in [9.17, 15) is 9.59 Å². The van der Waals surface area contributed by atoms with Crippen molar-refractivity contribution in [3.63, 3.8) is 0 Å². The molecule has 0 spiro atoms. The van der Waals surface area contributed by atoms with E-state index in [4.69, 9.17) is 4.74 Å². The van der Waals surface area contributed by atoms with Crippen LogP contribution in [0.2, 0.25) is 0 Å². The van der Waals surface area contributed by atoms with E-state index in [0.29, 0.717) is 19.5 Å². The third-order valence-electron chi connectivity index (χ3n) is 4.17. The number of aromatic nitrogens is 2. The van der Waals surface area contributed by atoms with E-state index < -0.39 is 0 Å². The Morgan fingerprint density at radius 1 is 1.36 bits per heavy atom. The van der Waals surface area contributed by atoms with Gasteiger partial charge in [0.2, 0.25) is 5.91 Å². The van der Waals surface area contributed by atoms with Crippen LogP contribution in [0.1, 0.15) is 19.3 Å². The minimum atomic E-state index is -0.0897. The van der Waals surface area contributed by atoms with Crippen molar-refractivity contribution < 1.29 is 9.53 Å². The fraction of sp³-hybridized carbons (Fsp3) is 0.500. The van der Waals surface area contributed by atoms with Gasteiger partial charge in [0.1, 0.15) is 0 Å². The SMILES string of the molecule is Cn1c(=O)n(CCC(=O)NC[C@H]2CCCO2)c2ccccc21. The number of amides is 1. The highest BCUT2D eigenvalue weighted by molar-refractivity contribution is 5.77. The first-order chi connectivity index (χ1) is 10.7. The van der Waals surface area contributed by atoms with Gasteiger partial charge in [0.05, 0.1) is 17.1 Å². The maximum absolute atomic E-state index is 12.2. The summed E-state index contributed by atoms with van der Waals surface area (Å²) in [6, 6.07) is 7.61. The minimum absolute atomic E-state index is 0.0460. The number of benzene rings is 1. The van der Waals surface area contributed by atoms with Crippen LogP contribution in [0.15, 0.2) is 29.1 Å². The van der Waals surface area contributed by atoms with Gasteiger partial charge in [-0.25, -0.2) is 4.79 Å². The fourth-order valence-electron chi connectivity index (χ4n) is 2.91. The molecule has 1 saturated heterocycles. The molecule has 0 unspecified atom stereocenters. The van der Waals surface area contributed by atoms with Crippen molar-refractivity contribution in [1.29, 1.82) is 0 Å². The molecule has 3 rings (SSSR count). The highest BCUT2D eigenvalue weighted by Crippen LogP contribution is 2.12. The smallest absolute Gasteiger partial charge is 0.328 e. The predicted octanol–water partition coefficient (Wildman–Crippen LogP) is 1.03. The second-order valence-corrected chi connectivity index (χ2v) is 5.67. The maximum Gasteiger partial charge on any atom is 0.328 e. The van der Waals surface area contributed by atoms with Crippen molar-refractivity contribution in [1.82, 2.24) is 14.5 Å². The van der Waals surface area contributed by atoms with Gasteiger partial charge in [0.15, 0.2) is 0 Å². The van der Waals surface area contributed by atoms with Crippen LogP contribution in [-0.4, -0.2) is 34.3 Å². The van der Waals surface area contributed by atoms with Crippen LogP contribution in [-0.2, 0) is 23.1 Å². The number of aryl methyl sites for hydroxylation is 2. The molecule has 0 radical (unpaired) electrons. The summed E-state index contributed by atoms with van der Waals surface area (Å²) >= 11 is 0. The molecule has 1 aliphatic heterocycles. The van der Waals surface area contributed by atoms with Crippen LogP contribution in [0.25, 0.3) is 11.0 Å². The number of fused-ring (bicyclic) bond motifs is 1. The normalized spacial score (nSPS) is 18.0. The number of carbonyl (C=O) groups excluding carboxylic acids is 1. The Hall–Kier alpha value is -2.08. The van der Waals surface area contributed by atoms with E-state index >= 15 is 0 Å². The number of nitrogens with one attached hydrogen (secondary N) is 1. The van der Waals surface area contributed by atoms with Crippen LogP contribution < -0.4 is 11.0 Å². The van der Waals surface area contributed by atoms with Gasteiger partial charge < -0.3 is 10.1 Å². The fourth-order valence-corrected chi connectivity index (χ4v) is 2.91. The van der Waals surface area contributed by atoms with Gasteiger partial charge >= 0.3 is 5.69 Å². The highest BCUT2D eigenvalue weighted by Gasteiger charge is 2.16. The zero-order valence-corrected chi connectivity index (χ0v) is 12.7. The van der Waals surface area contributed by atoms with E-state index in [2.05, 4.69) is 5.32 Å². The number of hydrogen-bond acceptors (Lipinski definition) is 3. The third-order valence-corrected chi connectivity index (χ3v) is 4.17. The van der Waals surface area contributed by atoms with Gasteiger partial charge in [0.25, 0.3) is 0 Å². The van der Waals surface area contributed by atoms with Gasteiger partial charge in [-0.3, -0.25) is 13.9 Å². The van der Waals surface area contributed by atoms with Crippen LogP contribution in [0.4, 0.5) is 0 Å². The summed E-state index contributed by atoms with van der Waals surface area (Å²) in [7, 11) is 1.75. The van der Waals surface area contributed by atoms with E-state index in [1.807, 2.05) is 24.3 Å². The summed E-state index contributed by atoms with van der Waals surface area (Å²) in [5, 5.41) is 2.88. The van der Waals surface area contributed by atoms with Crippen molar-refractivity contribution in [3.05, 3.63) is 34.7 Å². The van der Waals surface area contributed by atoms with Crippen LogP contribution >= 0.6 is 0 Å². The number of ether oxygens (including phenoxy) is 1. The van der Waals surface area contributed by atoms with Crippen LogP contribution in [0, 0.1) is 0 Å². The largest absolute Gasteiger partial charge is 0.376 e. The summed E-state index contributed by atoms with van der Waals surface area (Å²) in [5.41, 5.74) is 1.65. The quantitative estimate of drug-likeness (QED) is 0.897. The molecular formula is C16H21N3O3.